The number of nitrogens with two attached hydrogens (primary N) is 1. The fourth-order valence-electron chi connectivity index (χ4n) is 6.59. The van der Waals surface area contributed by atoms with Crippen molar-refractivity contribution < 1.29 is 48.6 Å². The number of nitrogens with one attached hydrogen (secondary N) is 8. The second kappa shape index (κ2) is 22.4. The van der Waals surface area contributed by atoms with Crippen molar-refractivity contribution >= 4 is 58.2 Å². The number of H-pyrrole nitrogens is 1. The molecule has 1 aliphatic rings. The molecule has 19 nitrogen and oxygen atoms in total. The highest BCUT2D eigenvalue weighted by molar-refractivity contribution is 5.97. The number of carboxylic acid groups (broad SMARTS) is 1. The summed E-state index contributed by atoms with van der Waals surface area (Å²) < 4.78 is 0. The first kappa shape index (κ1) is 46.8. The molecule has 12 N–H and O–H groups in total. The van der Waals surface area contributed by atoms with Crippen LogP contribution in [0.5, 0.6) is 0 Å². The predicted octanol–water partition coefficient (Wildman–Crippen LogP) is -1.17. The van der Waals surface area contributed by atoms with Crippen molar-refractivity contribution in [2.24, 2.45) is 17.6 Å². The minimum atomic E-state index is -1.61. The molecule has 0 radical (unpaired) electrons. The number of para-hydroxylation sites is 1. The van der Waals surface area contributed by atoms with Gasteiger partial charge in [0.15, 0.2) is 0 Å². The minimum Gasteiger partial charge on any atom is -0.480 e. The number of aromatic nitrogens is 1. The molecule has 1 aliphatic heterocycles. The van der Waals surface area contributed by atoms with Crippen molar-refractivity contribution in [1.82, 2.24) is 42.2 Å². The Hall–Kier alpha value is -5.56. The van der Waals surface area contributed by atoms with Crippen molar-refractivity contribution in [2.75, 3.05) is 13.1 Å². The largest absolute Gasteiger partial charge is 0.480 e. The van der Waals surface area contributed by atoms with E-state index in [0.29, 0.717) is 24.9 Å². The molecule has 7 amide bonds. The Morgan fingerprint density at radius 2 is 1.47 bits per heavy atom. The number of primary amides is 1. The van der Waals surface area contributed by atoms with Crippen LogP contribution < -0.4 is 43.0 Å². The molecule has 3 rings (SSSR count). The Bertz CT molecular complexity index is 1770. The molecular formula is C39H59N9O10. The number of carboxylic acids is 1. The fourth-order valence-corrected chi connectivity index (χ4v) is 6.59. The lowest BCUT2D eigenvalue weighted by Crippen LogP contribution is -2.62. The molecule has 0 bridgehead atoms. The molecule has 0 saturated carbocycles. The first-order chi connectivity index (χ1) is 27.4. The number of aliphatic hydroxyl groups excluding tert-OH is 1. The van der Waals surface area contributed by atoms with Crippen molar-refractivity contribution in [3.8, 4) is 0 Å². The molecule has 58 heavy (non-hydrogen) atoms. The summed E-state index contributed by atoms with van der Waals surface area (Å²) in [5, 5.41) is 39.0. The van der Waals surface area contributed by atoms with Gasteiger partial charge in [-0.15, -0.1) is 0 Å². The number of hydrogen-bond acceptors (Lipinski definition) is 10. The monoisotopic (exact) mass is 813 g/mol. The number of hydrogen-bond donors (Lipinski definition) is 11. The Kier molecular flexibility index (Phi) is 18.1. The predicted molar refractivity (Wildman–Crippen MR) is 212 cm³/mol. The van der Waals surface area contributed by atoms with Crippen LogP contribution >= 0.6 is 0 Å². The Morgan fingerprint density at radius 3 is 2.07 bits per heavy atom. The van der Waals surface area contributed by atoms with Gasteiger partial charge >= 0.3 is 5.97 Å². The fraction of sp³-hybridized carbons (Fsp3) is 0.590. The maximum absolute atomic E-state index is 13.9. The highest BCUT2D eigenvalue weighted by atomic mass is 16.4. The third kappa shape index (κ3) is 14.1. The maximum atomic E-state index is 13.9. The summed E-state index contributed by atoms with van der Waals surface area (Å²) in [6.07, 6.45) is 1.62. The van der Waals surface area contributed by atoms with Crippen LogP contribution in [-0.2, 0) is 44.8 Å². The molecule has 19 heteroatoms. The van der Waals surface area contributed by atoms with Gasteiger partial charge in [0.2, 0.25) is 41.4 Å². The number of rotatable bonds is 23. The van der Waals surface area contributed by atoms with Crippen LogP contribution in [0.2, 0.25) is 0 Å². The zero-order valence-corrected chi connectivity index (χ0v) is 33.7. The number of fused-ring (bicyclic) bond motifs is 1. The molecule has 1 fully saturated rings. The second-order valence-corrected chi connectivity index (χ2v) is 15.2. The zero-order chi connectivity index (χ0) is 43.1. The molecule has 8 atom stereocenters. The summed E-state index contributed by atoms with van der Waals surface area (Å²) in [5.41, 5.74) is 6.78. The van der Waals surface area contributed by atoms with E-state index in [-0.39, 0.29) is 31.6 Å². The van der Waals surface area contributed by atoms with Crippen LogP contribution in [0.4, 0.5) is 0 Å². The SMILES string of the molecule is CC[C@H](C)[C@H](NC(=O)[C@H](CCC(N)=O)NC(=O)[C@@H]1CCCN1)C(=O)N[C@H](C(=O)N[C@@H](CC(C)C)C(=O)N[C@@H](Cc1c[nH]c2ccccc12)C(=O)NCC(=O)O)[C@@H](C)O. The lowest BCUT2D eigenvalue weighted by Gasteiger charge is -2.30. The van der Waals surface area contributed by atoms with Gasteiger partial charge in [-0.05, 0) is 62.6 Å². The van der Waals surface area contributed by atoms with E-state index < -0.39 is 102 Å². The van der Waals surface area contributed by atoms with Crippen molar-refractivity contribution in [1.29, 1.82) is 0 Å². The molecule has 0 spiro atoms. The third-order valence-corrected chi connectivity index (χ3v) is 10.0. The molecule has 2 aromatic rings. The number of carbonyl (C=O) groups is 8. The quantitative estimate of drug-likeness (QED) is 0.0635. The minimum absolute atomic E-state index is 0.0246. The summed E-state index contributed by atoms with van der Waals surface area (Å²) in [5.74, 6) is -7.15. The van der Waals surface area contributed by atoms with Gasteiger partial charge in [0, 0.05) is 29.9 Å². The highest BCUT2D eigenvalue weighted by Crippen LogP contribution is 2.20. The average molecular weight is 814 g/mol. The summed E-state index contributed by atoms with van der Waals surface area (Å²) in [6.45, 7) is 8.25. The van der Waals surface area contributed by atoms with Crippen LogP contribution in [0, 0.1) is 11.8 Å². The average Bonchev–Trinajstić information content (AvgIpc) is 3.86. The molecule has 0 aliphatic carbocycles. The van der Waals surface area contributed by atoms with E-state index in [1.807, 2.05) is 18.2 Å². The summed E-state index contributed by atoms with van der Waals surface area (Å²) in [4.78, 5) is 107. The van der Waals surface area contributed by atoms with E-state index in [9.17, 15) is 43.5 Å². The molecule has 1 aromatic carbocycles. The van der Waals surface area contributed by atoms with Gasteiger partial charge in [-0.2, -0.15) is 0 Å². The lowest BCUT2D eigenvalue weighted by atomic mass is 9.96. The van der Waals surface area contributed by atoms with Gasteiger partial charge < -0.3 is 58.1 Å². The van der Waals surface area contributed by atoms with Crippen LogP contribution in [0.1, 0.15) is 78.7 Å². The van der Waals surface area contributed by atoms with Gasteiger partial charge in [-0.3, -0.25) is 38.4 Å². The third-order valence-electron chi connectivity index (χ3n) is 10.0. The van der Waals surface area contributed by atoms with Crippen molar-refractivity contribution in [3.05, 3.63) is 36.0 Å². The van der Waals surface area contributed by atoms with E-state index in [2.05, 4.69) is 42.2 Å². The van der Waals surface area contributed by atoms with E-state index >= 15 is 0 Å². The van der Waals surface area contributed by atoms with E-state index in [4.69, 9.17) is 10.8 Å². The summed E-state index contributed by atoms with van der Waals surface area (Å²) in [7, 11) is 0. The smallest absolute Gasteiger partial charge is 0.322 e. The van der Waals surface area contributed by atoms with Crippen LogP contribution in [0.15, 0.2) is 30.5 Å². The van der Waals surface area contributed by atoms with E-state index in [1.54, 1.807) is 40.0 Å². The number of benzene rings is 1. The Balaban J connectivity index is 1.80. The summed E-state index contributed by atoms with van der Waals surface area (Å²) >= 11 is 0. The van der Waals surface area contributed by atoms with Crippen LogP contribution in [0.25, 0.3) is 10.9 Å². The number of aromatic amines is 1. The highest BCUT2D eigenvalue weighted by Gasteiger charge is 2.36. The molecule has 1 saturated heterocycles. The van der Waals surface area contributed by atoms with Gasteiger partial charge in [-0.1, -0.05) is 52.3 Å². The maximum Gasteiger partial charge on any atom is 0.322 e. The number of aliphatic hydroxyl groups is 1. The van der Waals surface area contributed by atoms with Crippen LogP contribution in [0.3, 0.4) is 0 Å². The second-order valence-electron chi connectivity index (χ2n) is 15.2. The Morgan fingerprint density at radius 1 is 0.828 bits per heavy atom. The van der Waals surface area contributed by atoms with Crippen molar-refractivity contribution in [2.45, 2.75) is 122 Å². The molecule has 2 heterocycles. The van der Waals surface area contributed by atoms with E-state index in [1.165, 1.54) is 6.92 Å². The van der Waals surface area contributed by atoms with Crippen molar-refractivity contribution in [3.63, 3.8) is 0 Å². The molecule has 1 aromatic heterocycles. The molecular weight excluding hydrogens is 754 g/mol. The molecule has 0 unspecified atom stereocenters. The topological polar surface area (TPSA) is 303 Å². The van der Waals surface area contributed by atoms with Gasteiger partial charge in [0.05, 0.1) is 12.1 Å². The number of aliphatic carboxylic acids is 1. The van der Waals surface area contributed by atoms with Gasteiger partial charge in [0.1, 0.15) is 36.8 Å². The first-order valence-corrected chi connectivity index (χ1v) is 19.7. The zero-order valence-electron chi connectivity index (χ0n) is 33.7. The van der Waals surface area contributed by atoms with Gasteiger partial charge in [0.25, 0.3) is 0 Å². The lowest BCUT2D eigenvalue weighted by molar-refractivity contribution is -0.139. The summed E-state index contributed by atoms with van der Waals surface area (Å²) in [6, 6.07) is 0.170. The number of carbonyl (C=O) groups excluding carboxylic acids is 7. The van der Waals surface area contributed by atoms with E-state index in [0.717, 1.165) is 17.3 Å². The van der Waals surface area contributed by atoms with Gasteiger partial charge in [-0.25, -0.2) is 0 Å². The normalized spacial score (nSPS) is 17.5. The van der Waals surface area contributed by atoms with Crippen LogP contribution in [-0.4, -0.2) is 118 Å². The standard InChI is InChI=1S/C39H59N9O10/c1-6-21(4)32(47-36(55)27(13-14-30(40)50)44-35(54)26-12-9-15-41-26)38(57)48-33(22(5)49)39(58)46-28(16-20(2)3)37(56)45-29(34(53)43-19-31(51)52)17-23-18-42-25-11-8-7-10-24(23)25/h7-8,10-11,18,20-22,26-29,32-33,41-42,49H,6,9,12-17,19H2,1-5H3,(H2,40,50)(H,43,53)(H,44,54)(H,45,56)(H,46,58)(H,47,55)(H,48,57)(H,51,52)/t21-,22+,26-,27-,28-,29-,32-,33-/m0/s1. The molecule has 320 valence electrons. The first-order valence-electron chi connectivity index (χ1n) is 19.7. The Labute approximate surface area is 337 Å². The number of amides is 7.